The molecule has 19 heavy (non-hydrogen) atoms. The van der Waals surface area contributed by atoms with Gasteiger partial charge >= 0.3 is 0 Å². The quantitative estimate of drug-likeness (QED) is 0.398. The number of piperidine rings is 1. The lowest BCUT2D eigenvalue weighted by Crippen LogP contribution is -2.67. The first-order valence-electron chi connectivity index (χ1n) is 6.80. The normalized spacial score (nSPS) is 44.5. The summed E-state index contributed by atoms with van der Waals surface area (Å²) in [4.78, 5) is 1.51. The number of hydrogen-bond acceptors (Lipinski definition) is 6. The number of rotatable bonds is 3. The second kappa shape index (κ2) is 6.30. The monoisotopic (exact) mass is 273 g/mol. The molecule has 0 radical (unpaired) electrons. The first-order valence-corrected chi connectivity index (χ1v) is 6.80. The Bertz CT molecular complexity index is 324. The smallest absolute Gasteiger partial charge is 0.136 e. The molecule has 1 aliphatic carbocycles. The molecule has 0 aromatic rings. The second-order valence-corrected chi connectivity index (χ2v) is 5.48. The van der Waals surface area contributed by atoms with Gasteiger partial charge in [-0.15, -0.1) is 0 Å². The number of nitrogens with zero attached hydrogens (tertiary/aromatic N) is 1. The standard InChI is InChI=1S/C13H23NO5/c15-7-9-10(16)11(17)12(18)13(19)14(9)6-8-4-2-1-3-5-8/h1-2,8-13,15-19H,3-7H2/t8?,9-,10-,11+,12-,13?/m1/s1. The SMILES string of the molecule is OC[C@@H]1[C@@H](O)[C@H](O)[C@@H](O)C(O)N1CC1CC=CCC1. The van der Waals surface area contributed by atoms with Gasteiger partial charge in [0.1, 0.15) is 24.5 Å². The molecule has 0 bridgehead atoms. The average Bonchev–Trinajstić information content (AvgIpc) is 2.44. The first kappa shape index (κ1) is 14.9. The fraction of sp³-hybridized carbons (Fsp3) is 0.846. The Balaban J connectivity index is 2.08. The number of allylic oxidation sites excluding steroid dienone is 2. The maximum Gasteiger partial charge on any atom is 0.136 e. The van der Waals surface area contributed by atoms with Gasteiger partial charge in [0.05, 0.1) is 12.6 Å². The molecule has 1 heterocycles. The van der Waals surface area contributed by atoms with E-state index in [9.17, 15) is 25.5 Å². The summed E-state index contributed by atoms with van der Waals surface area (Å²) < 4.78 is 0. The lowest BCUT2D eigenvalue weighted by Gasteiger charge is -2.47. The average molecular weight is 273 g/mol. The van der Waals surface area contributed by atoms with Gasteiger partial charge in [-0.25, -0.2) is 0 Å². The van der Waals surface area contributed by atoms with Crippen molar-refractivity contribution >= 4 is 0 Å². The van der Waals surface area contributed by atoms with Gasteiger partial charge in [-0.3, -0.25) is 4.90 Å². The van der Waals surface area contributed by atoms with E-state index in [1.807, 2.05) is 0 Å². The lowest BCUT2D eigenvalue weighted by atomic mass is 9.88. The van der Waals surface area contributed by atoms with Crippen LogP contribution in [0.4, 0.5) is 0 Å². The highest BCUT2D eigenvalue weighted by Crippen LogP contribution is 2.27. The number of aliphatic hydroxyl groups is 5. The van der Waals surface area contributed by atoms with Crippen LogP contribution in [0.25, 0.3) is 0 Å². The largest absolute Gasteiger partial charge is 0.395 e. The van der Waals surface area contributed by atoms with Crippen molar-refractivity contribution in [2.24, 2.45) is 5.92 Å². The van der Waals surface area contributed by atoms with Crippen LogP contribution in [-0.2, 0) is 0 Å². The summed E-state index contributed by atoms with van der Waals surface area (Å²) in [7, 11) is 0. The summed E-state index contributed by atoms with van der Waals surface area (Å²) in [6.07, 6.45) is 1.66. The van der Waals surface area contributed by atoms with Crippen molar-refractivity contribution in [3.8, 4) is 0 Å². The van der Waals surface area contributed by atoms with E-state index in [4.69, 9.17) is 0 Å². The van der Waals surface area contributed by atoms with Crippen LogP contribution in [0, 0.1) is 5.92 Å². The van der Waals surface area contributed by atoms with Gasteiger partial charge in [-0.2, -0.15) is 0 Å². The third kappa shape index (κ3) is 2.99. The van der Waals surface area contributed by atoms with Crippen molar-refractivity contribution in [3.05, 3.63) is 12.2 Å². The maximum atomic E-state index is 10.0. The van der Waals surface area contributed by atoms with Crippen molar-refractivity contribution in [3.63, 3.8) is 0 Å². The number of likely N-dealkylation sites (tertiary alicyclic amines) is 1. The van der Waals surface area contributed by atoms with Crippen LogP contribution in [0.1, 0.15) is 19.3 Å². The minimum Gasteiger partial charge on any atom is -0.395 e. The number of hydrogen-bond donors (Lipinski definition) is 5. The molecule has 2 unspecified atom stereocenters. The molecule has 1 aliphatic heterocycles. The molecule has 0 aromatic heterocycles. The Morgan fingerprint density at radius 1 is 1.00 bits per heavy atom. The Kier molecular flexibility index (Phi) is 4.94. The molecule has 2 aliphatic rings. The minimum atomic E-state index is -1.44. The van der Waals surface area contributed by atoms with Crippen LogP contribution in [0.15, 0.2) is 12.2 Å². The Labute approximate surface area is 112 Å². The number of aliphatic hydroxyl groups excluding tert-OH is 5. The van der Waals surface area contributed by atoms with E-state index in [1.165, 1.54) is 4.90 Å². The minimum absolute atomic E-state index is 0.323. The molecule has 0 saturated carbocycles. The van der Waals surface area contributed by atoms with E-state index in [0.29, 0.717) is 12.5 Å². The lowest BCUT2D eigenvalue weighted by molar-refractivity contribution is -0.225. The summed E-state index contributed by atoms with van der Waals surface area (Å²) in [5, 5.41) is 48.7. The van der Waals surface area contributed by atoms with E-state index >= 15 is 0 Å². The fourth-order valence-electron chi connectivity index (χ4n) is 2.97. The summed E-state index contributed by atoms with van der Waals surface area (Å²) in [5.41, 5.74) is 0. The van der Waals surface area contributed by atoms with Gasteiger partial charge in [0, 0.05) is 6.54 Å². The molecule has 1 fully saturated rings. The van der Waals surface area contributed by atoms with Crippen LogP contribution >= 0.6 is 0 Å². The molecule has 0 amide bonds. The maximum absolute atomic E-state index is 10.0. The predicted octanol–water partition coefficient (Wildman–Crippen LogP) is -1.58. The molecule has 1 saturated heterocycles. The first-order chi connectivity index (χ1) is 9.06. The van der Waals surface area contributed by atoms with Crippen molar-refractivity contribution in [2.45, 2.75) is 49.8 Å². The Morgan fingerprint density at radius 2 is 1.74 bits per heavy atom. The third-order valence-electron chi connectivity index (χ3n) is 4.20. The van der Waals surface area contributed by atoms with Crippen molar-refractivity contribution in [2.75, 3.05) is 13.2 Å². The molecule has 0 aromatic carbocycles. The van der Waals surface area contributed by atoms with Crippen LogP contribution in [-0.4, -0.2) is 74.2 Å². The molecule has 5 N–H and O–H groups in total. The summed E-state index contributed by atoms with van der Waals surface area (Å²) in [5.74, 6) is 0.323. The predicted molar refractivity (Wildman–Crippen MR) is 68.1 cm³/mol. The second-order valence-electron chi connectivity index (χ2n) is 5.48. The molecule has 2 rings (SSSR count). The molecule has 0 spiro atoms. The van der Waals surface area contributed by atoms with Crippen molar-refractivity contribution < 1.29 is 25.5 Å². The Hall–Kier alpha value is -0.500. The van der Waals surface area contributed by atoms with E-state index in [1.54, 1.807) is 0 Å². The Morgan fingerprint density at radius 3 is 2.32 bits per heavy atom. The van der Waals surface area contributed by atoms with Gasteiger partial charge in [0.2, 0.25) is 0 Å². The third-order valence-corrected chi connectivity index (χ3v) is 4.20. The topological polar surface area (TPSA) is 104 Å². The zero-order chi connectivity index (χ0) is 14.0. The fourth-order valence-corrected chi connectivity index (χ4v) is 2.97. The summed E-state index contributed by atoms with van der Waals surface area (Å²) >= 11 is 0. The van der Waals surface area contributed by atoms with Crippen LogP contribution in [0.2, 0.25) is 0 Å². The molecular formula is C13H23NO5. The van der Waals surface area contributed by atoms with Gasteiger partial charge in [0.15, 0.2) is 0 Å². The molecule has 6 atom stereocenters. The van der Waals surface area contributed by atoms with Crippen molar-refractivity contribution in [1.29, 1.82) is 0 Å². The van der Waals surface area contributed by atoms with Crippen LogP contribution < -0.4 is 0 Å². The zero-order valence-electron chi connectivity index (χ0n) is 10.8. The molecule has 110 valence electrons. The highest BCUT2D eigenvalue weighted by atomic mass is 16.4. The van der Waals surface area contributed by atoms with Gasteiger partial charge in [-0.05, 0) is 25.2 Å². The van der Waals surface area contributed by atoms with E-state index in [-0.39, 0.29) is 6.61 Å². The van der Waals surface area contributed by atoms with Gasteiger partial charge in [-0.1, -0.05) is 12.2 Å². The summed E-state index contributed by atoms with van der Waals surface area (Å²) in [6.45, 7) is 0.113. The van der Waals surface area contributed by atoms with Gasteiger partial charge in [0.25, 0.3) is 0 Å². The van der Waals surface area contributed by atoms with E-state index in [2.05, 4.69) is 12.2 Å². The highest BCUT2D eigenvalue weighted by Gasteiger charge is 2.47. The summed E-state index contributed by atoms with van der Waals surface area (Å²) in [6, 6.07) is -0.751. The highest BCUT2D eigenvalue weighted by molar-refractivity contribution is 4.98. The van der Waals surface area contributed by atoms with E-state index in [0.717, 1.165) is 19.3 Å². The van der Waals surface area contributed by atoms with Crippen LogP contribution in [0.3, 0.4) is 0 Å². The van der Waals surface area contributed by atoms with E-state index < -0.39 is 30.6 Å². The molecule has 6 nitrogen and oxygen atoms in total. The van der Waals surface area contributed by atoms with Gasteiger partial charge < -0.3 is 25.5 Å². The zero-order valence-corrected chi connectivity index (χ0v) is 10.8. The van der Waals surface area contributed by atoms with Crippen molar-refractivity contribution in [1.82, 2.24) is 4.90 Å². The molecule has 6 heteroatoms. The van der Waals surface area contributed by atoms with Crippen LogP contribution in [0.5, 0.6) is 0 Å². The molecular weight excluding hydrogens is 250 g/mol.